The van der Waals surface area contributed by atoms with Crippen molar-refractivity contribution < 1.29 is 39.8 Å². The van der Waals surface area contributed by atoms with Crippen LogP contribution >= 0.6 is 0 Å². The molecule has 9 heteroatoms. The lowest BCUT2D eigenvalue weighted by atomic mass is 9.99. The lowest BCUT2D eigenvalue weighted by molar-refractivity contribution is -0.302. The molecular weight excluding hydrogens is 658 g/mol. The number of amides is 1. The van der Waals surface area contributed by atoms with E-state index in [1.54, 1.807) is 6.08 Å². The molecule has 9 nitrogen and oxygen atoms in total. The maximum Gasteiger partial charge on any atom is 0.220 e. The van der Waals surface area contributed by atoms with Crippen molar-refractivity contribution in [1.82, 2.24) is 5.32 Å². The van der Waals surface area contributed by atoms with Crippen LogP contribution in [0.15, 0.2) is 85.1 Å². The van der Waals surface area contributed by atoms with Crippen molar-refractivity contribution >= 4 is 5.91 Å². The molecule has 52 heavy (non-hydrogen) atoms. The standard InChI is InChI=1S/C43H71NO8/c1-3-5-7-9-11-13-15-17-19-21-23-25-27-29-31-33-39(47)44-36(35-51-43-42(50)41(49)40(48)38(34-45)52-43)37(46)32-30-28-26-24-22-20-18-16-14-12-10-8-6-4-2/h5,7,11,13-14,16-17,19,22-25,30,32,36-38,40-43,45-46,48-50H,3-4,6,8-10,12,15,18,20-21,26-29,31,33-35H2,1-2H3,(H,44,47)/b7-5-,13-11-,16-14+,19-17-,24-22+,25-23-,32-30+. The van der Waals surface area contributed by atoms with Crippen molar-refractivity contribution in [2.45, 2.75) is 166 Å². The van der Waals surface area contributed by atoms with Gasteiger partial charge in [-0.05, 0) is 83.5 Å². The molecule has 0 saturated carbocycles. The summed E-state index contributed by atoms with van der Waals surface area (Å²) in [6.07, 6.45) is 37.7. The van der Waals surface area contributed by atoms with Gasteiger partial charge in [0.25, 0.3) is 0 Å². The second-order valence-corrected chi connectivity index (χ2v) is 13.3. The summed E-state index contributed by atoms with van der Waals surface area (Å²) in [6.45, 7) is 3.54. The summed E-state index contributed by atoms with van der Waals surface area (Å²) in [5, 5.41) is 53.9. The van der Waals surface area contributed by atoms with Crippen LogP contribution in [-0.2, 0) is 14.3 Å². The number of carbonyl (C=O) groups is 1. The summed E-state index contributed by atoms with van der Waals surface area (Å²) < 4.78 is 11.1. The molecule has 0 radical (unpaired) electrons. The van der Waals surface area contributed by atoms with E-state index in [4.69, 9.17) is 9.47 Å². The SMILES string of the molecule is CC/C=C\C/C=C\C/C=C\C/C=C\CCCCC(=O)NC(COC1OC(CO)C(O)C(O)C1O)C(O)/C=C/CC/C=C/CC/C=C/CCCCCC. The van der Waals surface area contributed by atoms with E-state index in [9.17, 15) is 30.3 Å². The molecule has 6 N–H and O–H groups in total. The molecule has 0 aromatic rings. The van der Waals surface area contributed by atoms with Gasteiger partial charge in [0.2, 0.25) is 5.91 Å². The first-order valence-corrected chi connectivity index (χ1v) is 19.8. The van der Waals surface area contributed by atoms with E-state index in [1.807, 2.05) is 6.08 Å². The Hall–Kier alpha value is -2.63. The van der Waals surface area contributed by atoms with Gasteiger partial charge < -0.3 is 40.3 Å². The van der Waals surface area contributed by atoms with Crippen LogP contribution in [0.3, 0.4) is 0 Å². The first-order valence-electron chi connectivity index (χ1n) is 19.8. The molecule has 1 saturated heterocycles. The summed E-state index contributed by atoms with van der Waals surface area (Å²) in [5.74, 6) is -0.238. The molecule has 7 unspecified atom stereocenters. The third kappa shape index (κ3) is 23.8. The minimum Gasteiger partial charge on any atom is -0.394 e. The van der Waals surface area contributed by atoms with Gasteiger partial charge in [0.15, 0.2) is 6.29 Å². The molecule has 0 aromatic carbocycles. The van der Waals surface area contributed by atoms with Crippen molar-refractivity contribution in [3.05, 3.63) is 85.1 Å². The molecule has 1 rings (SSSR count). The quantitative estimate of drug-likeness (QED) is 0.0336. The Balaban J connectivity index is 2.53. The van der Waals surface area contributed by atoms with Crippen molar-refractivity contribution in [2.24, 2.45) is 0 Å². The van der Waals surface area contributed by atoms with E-state index >= 15 is 0 Å². The van der Waals surface area contributed by atoms with Crippen LogP contribution in [0.2, 0.25) is 0 Å². The van der Waals surface area contributed by atoms with Gasteiger partial charge in [-0.15, -0.1) is 0 Å². The molecule has 7 atom stereocenters. The zero-order valence-corrected chi connectivity index (χ0v) is 32.0. The lowest BCUT2D eigenvalue weighted by Gasteiger charge is -2.40. The van der Waals surface area contributed by atoms with Gasteiger partial charge in [-0.2, -0.15) is 0 Å². The number of nitrogens with one attached hydrogen (secondary N) is 1. The second kappa shape index (κ2) is 33.0. The monoisotopic (exact) mass is 730 g/mol. The molecule has 296 valence electrons. The van der Waals surface area contributed by atoms with Crippen molar-refractivity contribution in [2.75, 3.05) is 13.2 Å². The van der Waals surface area contributed by atoms with Crippen LogP contribution in [0.4, 0.5) is 0 Å². The average molecular weight is 730 g/mol. The van der Waals surface area contributed by atoms with Gasteiger partial charge >= 0.3 is 0 Å². The van der Waals surface area contributed by atoms with E-state index in [0.29, 0.717) is 12.8 Å². The zero-order valence-electron chi connectivity index (χ0n) is 32.0. The number of unbranched alkanes of at least 4 members (excludes halogenated alkanes) is 8. The van der Waals surface area contributed by atoms with Crippen LogP contribution in [0.1, 0.15) is 123 Å². The van der Waals surface area contributed by atoms with Crippen LogP contribution in [0, 0.1) is 0 Å². The predicted octanol–water partition coefficient (Wildman–Crippen LogP) is 7.21. The predicted molar refractivity (Wildman–Crippen MR) is 211 cm³/mol. The lowest BCUT2D eigenvalue weighted by Crippen LogP contribution is -2.60. The molecular formula is C43H71NO8. The van der Waals surface area contributed by atoms with Gasteiger partial charge in [0.1, 0.15) is 24.4 Å². The first-order chi connectivity index (χ1) is 25.3. The average Bonchev–Trinajstić information content (AvgIpc) is 3.14. The second-order valence-electron chi connectivity index (χ2n) is 13.3. The Kier molecular flexibility index (Phi) is 30.1. The van der Waals surface area contributed by atoms with E-state index in [0.717, 1.165) is 64.2 Å². The molecule has 0 aromatic heterocycles. The normalized spacial score (nSPS) is 22.8. The molecule has 0 aliphatic carbocycles. The van der Waals surface area contributed by atoms with Crippen molar-refractivity contribution in [1.29, 1.82) is 0 Å². The van der Waals surface area contributed by atoms with Crippen LogP contribution in [0.25, 0.3) is 0 Å². The largest absolute Gasteiger partial charge is 0.394 e. The minimum atomic E-state index is -1.58. The molecule has 0 spiro atoms. The number of ether oxygens (including phenoxy) is 2. The third-order valence-corrected chi connectivity index (χ3v) is 8.68. The van der Waals surface area contributed by atoms with E-state index in [2.05, 4.69) is 92.1 Å². The maximum atomic E-state index is 12.9. The fourth-order valence-corrected chi connectivity index (χ4v) is 5.47. The fourth-order valence-electron chi connectivity index (χ4n) is 5.47. The Morgan fingerprint density at radius 3 is 1.81 bits per heavy atom. The third-order valence-electron chi connectivity index (χ3n) is 8.68. The van der Waals surface area contributed by atoms with E-state index < -0.39 is 49.5 Å². The number of rotatable bonds is 30. The molecule has 1 amide bonds. The van der Waals surface area contributed by atoms with E-state index in [-0.39, 0.29) is 18.9 Å². The minimum absolute atomic E-state index is 0.228. The number of aliphatic hydroxyl groups excluding tert-OH is 5. The van der Waals surface area contributed by atoms with Gasteiger partial charge in [-0.1, -0.05) is 118 Å². The highest BCUT2D eigenvalue weighted by Gasteiger charge is 2.44. The topological polar surface area (TPSA) is 149 Å². The van der Waals surface area contributed by atoms with E-state index in [1.165, 1.54) is 25.7 Å². The molecule has 1 heterocycles. The molecule has 0 bridgehead atoms. The van der Waals surface area contributed by atoms with Gasteiger partial charge in [0, 0.05) is 6.42 Å². The highest BCUT2D eigenvalue weighted by molar-refractivity contribution is 5.76. The number of carbonyl (C=O) groups excluding carboxylic acids is 1. The Morgan fingerprint density at radius 1 is 0.673 bits per heavy atom. The van der Waals surface area contributed by atoms with Gasteiger partial charge in [0.05, 0.1) is 25.4 Å². The highest BCUT2D eigenvalue weighted by atomic mass is 16.7. The van der Waals surface area contributed by atoms with Crippen LogP contribution in [0.5, 0.6) is 0 Å². The zero-order chi connectivity index (χ0) is 38.1. The Morgan fingerprint density at radius 2 is 1.21 bits per heavy atom. The van der Waals surface area contributed by atoms with Crippen molar-refractivity contribution in [3.63, 3.8) is 0 Å². The fraction of sp³-hybridized carbons (Fsp3) is 0.651. The summed E-state index contributed by atoms with van der Waals surface area (Å²) >= 11 is 0. The maximum absolute atomic E-state index is 12.9. The Bertz CT molecular complexity index is 1080. The summed E-state index contributed by atoms with van der Waals surface area (Å²) in [5.41, 5.74) is 0. The number of hydrogen-bond donors (Lipinski definition) is 6. The summed E-state index contributed by atoms with van der Waals surface area (Å²) in [4.78, 5) is 12.9. The number of aliphatic hydroxyl groups is 5. The van der Waals surface area contributed by atoms with Crippen LogP contribution in [-0.4, -0.2) is 87.5 Å². The highest BCUT2D eigenvalue weighted by Crippen LogP contribution is 2.22. The number of allylic oxidation sites excluding steroid dienone is 13. The molecule has 1 aliphatic rings. The van der Waals surface area contributed by atoms with Crippen LogP contribution < -0.4 is 5.32 Å². The smallest absolute Gasteiger partial charge is 0.220 e. The number of hydrogen-bond acceptors (Lipinski definition) is 8. The van der Waals surface area contributed by atoms with Gasteiger partial charge in [-0.25, -0.2) is 0 Å². The van der Waals surface area contributed by atoms with Crippen molar-refractivity contribution in [3.8, 4) is 0 Å². The van der Waals surface area contributed by atoms with Gasteiger partial charge in [-0.3, -0.25) is 4.79 Å². The Labute approximate surface area is 314 Å². The summed E-state index contributed by atoms with van der Waals surface area (Å²) in [6, 6.07) is -0.852. The molecule has 1 fully saturated rings. The summed E-state index contributed by atoms with van der Waals surface area (Å²) in [7, 11) is 0. The molecule has 1 aliphatic heterocycles. The first kappa shape index (κ1) is 47.4.